The third kappa shape index (κ3) is 4.15. The molecule has 0 bridgehead atoms. The minimum absolute atomic E-state index is 0.195. The molecular formula is C14H22ClN. The molecule has 1 unspecified atom stereocenters. The summed E-state index contributed by atoms with van der Waals surface area (Å²) in [6.45, 7) is 6.56. The van der Waals surface area contributed by atoms with Crippen molar-refractivity contribution in [3.05, 3.63) is 34.9 Å². The van der Waals surface area contributed by atoms with Crippen molar-refractivity contribution in [2.45, 2.75) is 46.1 Å². The summed E-state index contributed by atoms with van der Waals surface area (Å²) < 4.78 is 0. The van der Waals surface area contributed by atoms with Crippen molar-refractivity contribution >= 4 is 11.6 Å². The second-order valence-corrected chi connectivity index (χ2v) is 5.86. The van der Waals surface area contributed by atoms with Crippen molar-refractivity contribution in [1.29, 1.82) is 0 Å². The predicted molar refractivity (Wildman–Crippen MR) is 71.8 cm³/mol. The molecule has 90 valence electrons. The Hall–Kier alpha value is -0.530. The second-order valence-electron chi connectivity index (χ2n) is 5.46. The van der Waals surface area contributed by atoms with Gasteiger partial charge in [0.2, 0.25) is 0 Å². The summed E-state index contributed by atoms with van der Waals surface area (Å²) in [5.74, 6) is 0. The average Bonchev–Trinajstić information content (AvgIpc) is 2.19. The molecule has 1 aromatic carbocycles. The molecule has 1 aromatic rings. The van der Waals surface area contributed by atoms with E-state index in [-0.39, 0.29) is 11.5 Å². The van der Waals surface area contributed by atoms with Gasteiger partial charge in [-0.15, -0.1) is 0 Å². The summed E-state index contributed by atoms with van der Waals surface area (Å²) in [5.41, 5.74) is 7.54. The highest BCUT2D eigenvalue weighted by molar-refractivity contribution is 6.31. The molecule has 1 rings (SSSR count). The molecule has 2 N–H and O–H groups in total. The number of rotatable bonds is 4. The van der Waals surface area contributed by atoms with Crippen molar-refractivity contribution in [1.82, 2.24) is 0 Å². The molecular weight excluding hydrogens is 218 g/mol. The summed E-state index contributed by atoms with van der Waals surface area (Å²) in [7, 11) is 0. The zero-order valence-corrected chi connectivity index (χ0v) is 11.2. The van der Waals surface area contributed by atoms with E-state index in [1.807, 2.05) is 18.2 Å². The number of hydrogen-bond donors (Lipinski definition) is 1. The fourth-order valence-corrected chi connectivity index (χ4v) is 1.88. The van der Waals surface area contributed by atoms with E-state index in [0.29, 0.717) is 0 Å². The van der Waals surface area contributed by atoms with Crippen molar-refractivity contribution < 1.29 is 0 Å². The topological polar surface area (TPSA) is 26.0 Å². The number of halogens is 1. The van der Waals surface area contributed by atoms with Crippen LogP contribution < -0.4 is 5.73 Å². The molecule has 0 saturated heterocycles. The first kappa shape index (κ1) is 13.5. The van der Waals surface area contributed by atoms with Crippen LogP contribution in [0.4, 0.5) is 0 Å². The van der Waals surface area contributed by atoms with E-state index in [1.165, 1.54) is 5.56 Å². The van der Waals surface area contributed by atoms with Gasteiger partial charge in [-0.05, 0) is 36.3 Å². The molecule has 0 aromatic heterocycles. The second kappa shape index (κ2) is 5.70. The molecule has 16 heavy (non-hydrogen) atoms. The van der Waals surface area contributed by atoms with Crippen LogP contribution in [0.1, 0.15) is 39.2 Å². The van der Waals surface area contributed by atoms with Crippen LogP contribution in [-0.2, 0) is 6.42 Å². The van der Waals surface area contributed by atoms with Crippen LogP contribution in [0.5, 0.6) is 0 Å². The Morgan fingerprint density at radius 3 is 2.44 bits per heavy atom. The number of aryl methyl sites for hydroxylation is 1. The van der Waals surface area contributed by atoms with Gasteiger partial charge in [0.15, 0.2) is 0 Å². The Morgan fingerprint density at radius 2 is 1.88 bits per heavy atom. The zero-order valence-electron chi connectivity index (χ0n) is 10.5. The lowest BCUT2D eigenvalue weighted by atomic mass is 9.84. The van der Waals surface area contributed by atoms with Crippen molar-refractivity contribution in [2.24, 2.45) is 11.1 Å². The summed E-state index contributed by atoms with van der Waals surface area (Å²) in [5, 5.41) is 0.867. The van der Waals surface area contributed by atoms with Crippen LogP contribution in [0.25, 0.3) is 0 Å². The van der Waals surface area contributed by atoms with Gasteiger partial charge in [0.25, 0.3) is 0 Å². The van der Waals surface area contributed by atoms with E-state index in [2.05, 4.69) is 26.8 Å². The number of nitrogens with two attached hydrogens (primary N) is 1. The van der Waals surface area contributed by atoms with Gasteiger partial charge in [-0.1, -0.05) is 50.6 Å². The van der Waals surface area contributed by atoms with E-state index < -0.39 is 0 Å². The summed E-state index contributed by atoms with van der Waals surface area (Å²) in [4.78, 5) is 0. The molecule has 1 nitrogen and oxygen atoms in total. The largest absolute Gasteiger partial charge is 0.327 e. The molecule has 2 heteroatoms. The monoisotopic (exact) mass is 239 g/mol. The highest BCUT2D eigenvalue weighted by Gasteiger charge is 2.19. The van der Waals surface area contributed by atoms with Crippen molar-refractivity contribution in [2.75, 3.05) is 0 Å². The normalized spacial score (nSPS) is 13.8. The lowest BCUT2D eigenvalue weighted by Crippen LogP contribution is -2.34. The molecule has 1 atom stereocenters. The van der Waals surface area contributed by atoms with Gasteiger partial charge in [0, 0.05) is 11.1 Å². The molecule has 0 heterocycles. The molecule has 0 aliphatic heterocycles. The Balaban J connectivity index is 2.40. The third-order valence-corrected chi connectivity index (χ3v) is 3.40. The fraction of sp³-hybridized carbons (Fsp3) is 0.571. The fourth-order valence-electron chi connectivity index (χ4n) is 1.65. The van der Waals surface area contributed by atoms with Crippen molar-refractivity contribution in [3.63, 3.8) is 0 Å². The molecule has 0 saturated carbocycles. The average molecular weight is 240 g/mol. The van der Waals surface area contributed by atoms with Gasteiger partial charge in [-0.2, -0.15) is 0 Å². The SMILES string of the molecule is CC(C)(C)C(N)CCCc1ccccc1Cl. The van der Waals surface area contributed by atoms with Gasteiger partial charge in [-0.3, -0.25) is 0 Å². The maximum absolute atomic E-state index is 6.12. The first-order chi connectivity index (χ1) is 7.41. The van der Waals surface area contributed by atoms with E-state index in [1.54, 1.807) is 0 Å². The molecule has 0 radical (unpaired) electrons. The van der Waals surface area contributed by atoms with Gasteiger partial charge in [-0.25, -0.2) is 0 Å². The van der Waals surface area contributed by atoms with Gasteiger partial charge >= 0.3 is 0 Å². The Morgan fingerprint density at radius 1 is 1.25 bits per heavy atom. The molecule has 0 spiro atoms. The maximum atomic E-state index is 6.12. The first-order valence-electron chi connectivity index (χ1n) is 5.90. The highest BCUT2D eigenvalue weighted by Crippen LogP contribution is 2.23. The maximum Gasteiger partial charge on any atom is 0.0437 e. The summed E-state index contributed by atoms with van der Waals surface area (Å²) >= 11 is 6.10. The Kier molecular flexibility index (Phi) is 4.82. The zero-order chi connectivity index (χ0) is 12.2. The molecule has 0 aliphatic rings. The Labute approximate surface area is 104 Å². The summed E-state index contributed by atoms with van der Waals surface area (Å²) in [6.07, 6.45) is 3.17. The number of hydrogen-bond acceptors (Lipinski definition) is 1. The van der Waals surface area contributed by atoms with Gasteiger partial charge in [0.05, 0.1) is 0 Å². The molecule has 0 fully saturated rings. The van der Waals surface area contributed by atoms with Crippen molar-refractivity contribution in [3.8, 4) is 0 Å². The smallest absolute Gasteiger partial charge is 0.0437 e. The van der Waals surface area contributed by atoms with Gasteiger partial charge < -0.3 is 5.73 Å². The van der Waals surface area contributed by atoms with E-state index >= 15 is 0 Å². The van der Waals surface area contributed by atoms with Crippen LogP contribution in [0.15, 0.2) is 24.3 Å². The van der Waals surface area contributed by atoms with E-state index in [4.69, 9.17) is 17.3 Å². The standard InChI is InChI=1S/C14H22ClN/c1-14(2,3)13(16)10-6-8-11-7-4-5-9-12(11)15/h4-5,7,9,13H,6,8,10,16H2,1-3H3. The molecule has 0 aliphatic carbocycles. The molecule has 0 amide bonds. The van der Waals surface area contributed by atoms with Crippen LogP contribution in [-0.4, -0.2) is 6.04 Å². The quantitative estimate of drug-likeness (QED) is 0.844. The number of benzene rings is 1. The minimum Gasteiger partial charge on any atom is -0.327 e. The third-order valence-electron chi connectivity index (χ3n) is 3.03. The highest BCUT2D eigenvalue weighted by atomic mass is 35.5. The lowest BCUT2D eigenvalue weighted by molar-refractivity contribution is 0.301. The van der Waals surface area contributed by atoms with Crippen LogP contribution in [0, 0.1) is 5.41 Å². The Bertz CT molecular complexity index is 328. The van der Waals surface area contributed by atoms with E-state index in [0.717, 1.165) is 24.3 Å². The lowest BCUT2D eigenvalue weighted by Gasteiger charge is -2.27. The van der Waals surface area contributed by atoms with Crippen LogP contribution >= 0.6 is 11.6 Å². The first-order valence-corrected chi connectivity index (χ1v) is 6.28. The summed E-state index contributed by atoms with van der Waals surface area (Å²) in [6, 6.07) is 8.29. The van der Waals surface area contributed by atoms with Gasteiger partial charge in [0.1, 0.15) is 0 Å². The predicted octanol–water partition coefficient (Wildman–Crippen LogP) is 4.04. The van der Waals surface area contributed by atoms with Crippen LogP contribution in [0.3, 0.4) is 0 Å². The van der Waals surface area contributed by atoms with Crippen LogP contribution in [0.2, 0.25) is 5.02 Å². The minimum atomic E-state index is 0.195. The van der Waals surface area contributed by atoms with E-state index in [9.17, 15) is 0 Å².